The highest BCUT2D eigenvalue weighted by Crippen LogP contribution is 2.33. The third-order valence-electron chi connectivity index (χ3n) is 6.05. The number of piperazine rings is 1. The number of hydrogen-bond donors (Lipinski definition) is 2. The molecular formula is C21H26N6O. The normalized spacial score (nSPS) is 20.4. The zero-order valence-corrected chi connectivity index (χ0v) is 16.2. The number of aromatic nitrogens is 3. The molecule has 0 saturated carbocycles. The van der Waals surface area contributed by atoms with Crippen molar-refractivity contribution >= 4 is 33.5 Å². The van der Waals surface area contributed by atoms with Crippen molar-refractivity contribution in [3.63, 3.8) is 0 Å². The maximum Gasteiger partial charge on any atom is 0.224 e. The first-order chi connectivity index (χ1) is 13.7. The Bertz CT molecular complexity index is 1010. The Morgan fingerprint density at radius 1 is 1.25 bits per heavy atom. The second-order valence-corrected chi connectivity index (χ2v) is 7.92. The maximum absolute atomic E-state index is 12.6. The summed E-state index contributed by atoms with van der Waals surface area (Å²) in [5.41, 5.74) is 4.09. The van der Waals surface area contributed by atoms with Gasteiger partial charge in [-0.15, -0.1) is 0 Å². The van der Waals surface area contributed by atoms with Crippen LogP contribution >= 0.6 is 0 Å². The van der Waals surface area contributed by atoms with Crippen LogP contribution < -0.4 is 10.2 Å². The summed E-state index contributed by atoms with van der Waals surface area (Å²) >= 11 is 0. The molecule has 0 aliphatic carbocycles. The molecule has 2 saturated heterocycles. The Labute approximate surface area is 164 Å². The molecule has 2 fully saturated rings. The lowest BCUT2D eigenvalue weighted by Gasteiger charge is -2.36. The summed E-state index contributed by atoms with van der Waals surface area (Å²) in [5.74, 6) is 0.285. The lowest BCUT2D eigenvalue weighted by atomic mass is 10.1. The summed E-state index contributed by atoms with van der Waals surface area (Å²) in [5, 5.41) is 5.74. The number of fused-ring (bicyclic) bond motifs is 3. The number of H-pyrrole nitrogens is 1. The van der Waals surface area contributed by atoms with E-state index in [4.69, 9.17) is 0 Å². The van der Waals surface area contributed by atoms with Crippen LogP contribution in [0.25, 0.3) is 21.9 Å². The van der Waals surface area contributed by atoms with Crippen molar-refractivity contribution in [3.05, 3.63) is 30.2 Å². The van der Waals surface area contributed by atoms with E-state index in [1.54, 1.807) is 0 Å². The van der Waals surface area contributed by atoms with Crippen molar-refractivity contribution in [2.75, 3.05) is 37.6 Å². The number of anilines is 1. The molecule has 146 valence electrons. The third-order valence-corrected chi connectivity index (χ3v) is 6.05. The van der Waals surface area contributed by atoms with Crippen LogP contribution in [0.4, 0.5) is 5.69 Å². The molecule has 0 bridgehead atoms. The Morgan fingerprint density at radius 2 is 2.11 bits per heavy atom. The van der Waals surface area contributed by atoms with Crippen LogP contribution in [0.2, 0.25) is 0 Å². The number of amides is 1. The van der Waals surface area contributed by atoms with Crippen LogP contribution in [-0.2, 0) is 4.79 Å². The highest BCUT2D eigenvalue weighted by Gasteiger charge is 2.26. The van der Waals surface area contributed by atoms with E-state index in [0.29, 0.717) is 12.5 Å². The Morgan fingerprint density at radius 3 is 2.89 bits per heavy atom. The number of carbonyl (C=O) groups excluding carboxylic acids is 1. The first kappa shape index (κ1) is 17.4. The molecule has 0 radical (unpaired) electrons. The zero-order valence-electron chi connectivity index (χ0n) is 16.2. The van der Waals surface area contributed by atoms with Crippen LogP contribution in [0.15, 0.2) is 24.5 Å². The number of nitrogens with one attached hydrogen (secondary N) is 2. The SMILES string of the molecule is Cc1cc2c(cn1)[nH]c1nccc(N3CCN(C(=O)CC4CCCN4)CC3)c12. The van der Waals surface area contributed by atoms with Crippen molar-refractivity contribution in [3.8, 4) is 0 Å². The molecule has 1 amide bonds. The first-order valence-corrected chi connectivity index (χ1v) is 10.2. The van der Waals surface area contributed by atoms with Gasteiger partial charge in [-0.1, -0.05) is 0 Å². The van der Waals surface area contributed by atoms with E-state index in [-0.39, 0.29) is 5.91 Å². The largest absolute Gasteiger partial charge is 0.367 e. The molecule has 7 heteroatoms. The molecule has 2 aliphatic heterocycles. The predicted octanol–water partition coefficient (Wildman–Crippen LogP) is 2.21. The number of pyridine rings is 2. The quantitative estimate of drug-likeness (QED) is 0.731. The van der Waals surface area contributed by atoms with Gasteiger partial charge in [0.2, 0.25) is 5.91 Å². The Hall–Kier alpha value is -2.67. The molecule has 0 spiro atoms. The molecule has 1 unspecified atom stereocenters. The van der Waals surface area contributed by atoms with Gasteiger partial charge in [0.25, 0.3) is 0 Å². The maximum atomic E-state index is 12.6. The monoisotopic (exact) mass is 378 g/mol. The summed E-state index contributed by atoms with van der Waals surface area (Å²) in [4.78, 5) is 29.3. The van der Waals surface area contributed by atoms with Gasteiger partial charge in [-0.05, 0) is 38.4 Å². The van der Waals surface area contributed by atoms with Gasteiger partial charge in [-0.2, -0.15) is 0 Å². The molecule has 3 aromatic rings. The van der Waals surface area contributed by atoms with Gasteiger partial charge in [-0.3, -0.25) is 9.78 Å². The summed E-state index contributed by atoms with van der Waals surface area (Å²) in [7, 11) is 0. The molecule has 0 aromatic carbocycles. The van der Waals surface area contributed by atoms with Crippen LogP contribution in [0.1, 0.15) is 25.0 Å². The van der Waals surface area contributed by atoms with E-state index in [2.05, 4.69) is 37.3 Å². The summed E-state index contributed by atoms with van der Waals surface area (Å²) < 4.78 is 0. The average Bonchev–Trinajstić information content (AvgIpc) is 3.35. The minimum Gasteiger partial charge on any atom is -0.367 e. The molecular weight excluding hydrogens is 352 g/mol. The standard InChI is InChI=1S/C21H26N6O/c1-14-11-16-17(13-24-14)25-21-20(16)18(4-6-23-21)26-7-9-27(10-8-26)19(28)12-15-3-2-5-22-15/h4,6,11,13,15,22H,2-3,5,7-10,12H2,1H3,(H,23,25). The van der Waals surface area contributed by atoms with Gasteiger partial charge in [0.15, 0.2) is 0 Å². The molecule has 7 nitrogen and oxygen atoms in total. The Kier molecular flexibility index (Phi) is 4.39. The second-order valence-electron chi connectivity index (χ2n) is 7.92. The topological polar surface area (TPSA) is 77.2 Å². The predicted molar refractivity (Wildman–Crippen MR) is 111 cm³/mol. The van der Waals surface area contributed by atoms with Gasteiger partial charge in [0.05, 0.1) is 22.8 Å². The number of hydrogen-bond acceptors (Lipinski definition) is 5. The van der Waals surface area contributed by atoms with E-state index in [0.717, 1.165) is 66.8 Å². The summed E-state index contributed by atoms with van der Waals surface area (Å²) in [6.07, 6.45) is 6.67. The lowest BCUT2D eigenvalue weighted by Crippen LogP contribution is -2.49. The van der Waals surface area contributed by atoms with Gasteiger partial charge in [-0.25, -0.2) is 4.98 Å². The molecule has 5 heterocycles. The molecule has 3 aromatic heterocycles. The molecule has 2 N–H and O–H groups in total. The smallest absolute Gasteiger partial charge is 0.224 e. The number of aryl methyl sites for hydroxylation is 1. The van der Waals surface area contributed by atoms with Gasteiger partial charge >= 0.3 is 0 Å². The van der Waals surface area contributed by atoms with Gasteiger partial charge in [0, 0.05) is 55.9 Å². The van der Waals surface area contributed by atoms with Crippen molar-refractivity contribution in [1.82, 2.24) is 25.2 Å². The van der Waals surface area contributed by atoms with E-state index >= 15 is 0 Å². The van der Waals surface area contributed by atoms with E-state index in [1.807, 2.05) is 24.2 Å². The fourth-order valence-corrected chi connectivity index (χ4v) is 4.54. The lowest BCUT2D eigenvalue weighted by molar-refractivity contribution is -0.131. The molecule has 5 rings (SSSR count). The zero-order chi connectivity index (χ0) is 19.1. The number of carbonyl (C=O) groups is 1. The molecule has 1 atom stereocenters. The fraction of sp³-hybridized carbons (Fsp3) is 0.476. The first-order valence-electron chi connectivity index (χ1n) is 10.2. The number of aromatic amines is 1. The fourth-order valence-electron chi connectivity index (χ4n) is 4.54. The summed E-state index contributed by atoms with van der Waals surface area (Å²) in [6, 6.07) is 4.58. The Balaban J connectivity index is 1.36. The third kappa shape index (κ3) is 3.09. The van der Waals surface area contributed by atoms with Gasteiger partial charge in [0.1, 0.15) is 5.65 Å². The molecule has 28 heavy (non-hydrogen) atoms. The highest BCUT2D eigenvalue weighted by molar-refractivity contribution is 6.12. The average molecular weight is 378 g/mol. The second kappa shape index (κ2) is 7.05. The summed E-state index contributed by atoms with van der Waals surface area (Å²) in [6.45, 7) is 6.30. The van der Waals surface area contributed by atoms with Crippen molar-refractivity contribution in [1.29, 1.82) is 0 Å². The van der Waals surface area contributed by atoms with Crippen LogP contribution in [0.5, 0.6) is 0 Å². The van der Waals surface area contributed by atoms with Crippen molar-refractivity contribution < 1.29 is 4.79 Å². The van der Waals surface area contributed by atoms with Gasteiger partial charge < -0.3 is 20.1 Å². The van der Waals surface area contributed by atoms with Crippen molar-refractivity contribution in [2.45, 2.75) is 32.2 Å². The minimum absolute atomic E-state index is 0.285. The van der Waals surface area contributed by atoms with E-state index in [1.165, 1.54) is 12.1 Å². The van der Waals surface area contributed by atoms with Crippen molar-refractivity contribution in [2.24, 2.45) is 0 Å². The van der Waals surface area contributed by atoms with Crippen LogP contribution in [-0.4, -0.2) is 64.5 Å². The number of nitrogens with zero attached hydrogens (tertiary/aromatic N) is 4. The van der Waals surface area contributed by atoms with E-state index < -0.39 is 0 Å². The van der Waals surface area contributed by atoms with Crippen LogP contribution in [0.3, 0.4) is 0 Å². The minimum atomic E-state index is 0.285. The van der Waals surface area contributed by atoms with Crippen LogP contribution in [0, 0.1) is 6.92 Å². The molecule has 2 aliphatic rings. The highest BCUT2D eigenvalue weighted by atomic mass is 16.2. The van der Waals surface area contributed by atoms with E-state index in [9.17, 15) is 4.79 Å². The number of rotatable bonds is 3.